The highest BCUT2D eigenvalue weighted by Gasteiger charge is 2.16. The molecule has 10 heteroatoms. The van der Waals surface area contributed by atoms with Crippen molar-refractivity contribution in [2.75, 3.05) is 5.32 Å². The number of ether oxygens (including phenoxy) is 1. The monoisotopic (exact) mass is 407 g/mol. The van der Waals surface area contributed by atoms with E-state index in [0.717, 1.165) is 0 Å². The summed E-state index contributed by atoms with van der Waals surface area (Å²) in [7, 11) is 1.60. The molecular formula is C17H11Cl2N3O5. The highest BCUT2D eigenvalue weighted by Crippen LogP contribution is 2.39. The maximum atomic E-state index is 12.0. The number of aryl methyl sites for hydroxylation is 1. The van der Waals surface area contributed by atoms with Gasteiger partial charge in [0.15, 0.2) is 5.75 Å². The largest absolute Gasteiger partial charge is 0.474 e. The summed E-state index contributed by atoms with van der Waals surface area (Å²) in [5.74, 6) is -2.42. The predicted octanol–water partition coefficient (Wildman–Crippen LogP) is 3.06. The Morgan fingerprint density at radius 2 is 1.85 bits per heavy atom. The summed E-state index contributed by atoms with van der Waals surface area (Å²) in [4.78, 5) is 38.0. The van der Waals surface area contributed by atoms with E-state index in [9.17, 15) is 14.4 Å². The van der Waals surface area contributed by atoms with Crippen LogP contribution in [0.3, 0.4) is 0 Å². The third-order valence-corrected chi connectivity index (χ3v) is 4.12. The number of benzene rings is 2. The van der Waals surface area contributed by atoms with Crippen LogP contribution < -0.4 is 15.6 Å². The van der Waals surface area contributed by atoms with Crippen molar-refractivity contribution in [3.63, 3.8) is 0 Å². The highest BCUT2D eigenvalue weighted by atomic mass is 35.5. The fraction of sp³-hybridized carbons (Fsp3) is 0.0588. The number of carboxylic acid groups (broad SMARTS) is 1. The van der Waals surface area contributed by atoms with Gasteiger partial charge in [-0.3, -0.25) is 9.59 Å². The Kier molecular flexibility index (Phi) is 5.02. The van der Waals surface area contributed by atoms with Crippen molar-refractivity contribution in [3.05, 3.63) is 57.1 Å². The van der Waals surface area contributed by atoms with Crippen LogP contribution in [0.1, 0.15) is 0 Å². The third kappa shape index (κ3) is 3.86. The molecule has 0 bridgehead atoms. The molecule has 0 aliphatic heterocycles. The van der Waals surface area contributed by atoms with Crippen LogP contribution in [0.25, 0.3) is 10.9 Å². The standard InChI is InChI=1S/C17H11Cl2N3O5/c1-22-7-20-13-6-9(2-3-10(13)16(22)24)27-14-11(18)4-8(5-12(14)19)21-15(23)17(25)26/h2-7H,1H3,(H,21,23)(H,25,26). The first-order valence-electron chi connectivity index (χ1n) is 7.43. The van der Waals surface area contributed by atoms with E-state index < -0.39 is 11.9 Å². The summed E-state index contributed by atoms with van der Waals surface area (Å²) in [6, 6.07) is 7.31. The summed E-state index contributed by atoms with van der Waals surface area (Å²) in [6.07, 6.45) is 1.40. The van der Waals surface area contributed by atoms with Gasteiger partial charge in [-0.2, -0.15) is 0 Å². The highest BCUT2D eigenvalue weighted by molar-refractivity contribution is 6.39. The molecule has 0 radical (unpaired) electrons. The fourth-order valence-electron chi connectivity index (χ4n) is 2.29. The lowest BCUT2D eigenvalue weighted by atomic mass is 10.2. The van der Waals surface area contributed by atoms with Crippen molar-refractivity contribution in [2.45, 2.75) is 0 Å². The van der Waals surface area contributed by atoms with Gasteiger partial charge in [0, 0.05) is 18.8 Å². The Labute approximate surface area is 161 Å². The molecule has 8 nitrogen and oxygen atoms in total. The van der Waals surface area contributed by atoms with E-state index in [-0.39, 0.29) is 27.0 Å². The Balaban J connectivity index is 1.92. The number of aliphatic carboxylic acids is 1. The zero-order chi connectivity index (χ0) is 19.7. The molecule has 0 saturated heterocycles. The molecule has 0 spiro atoms. The minimum atomic E-state index is -1.64. The number of fused-ring (bicyclic) bond motifs is 1. The maximum Gasteiger partial charge on any atom is 0.394 e. The lowest BCUT2D eigenvalue weighted by Crippen LogP contribution is -2.21. The molecule has 138 valence electrons. The summed E-state index contributed by atoms with van der Waals surface area (Å²) in [5.41, 5.74) is 0.350. The number of carboxylic acids is 1. The zero-order valence-corrected chi connectivity index (χ0v) is 15.2. The molecule has 2 aromatic carbocycles. The van der Waals surface area contributed by atoms with Crippen LogP contribution in [0.15, 0.2) is 41.5 Å². The van der Waals surface area contributed by atoms with E-state index in [2.05, 4.69) is 10.3 Å². The molecule has 0 saturated carbocycles. The van der Waals surface area contributed by atoms with Crippen molar-refractivity contribution < 1.29 is 19.4 Å². The minimum Gasteiger partial charge on any atom is -0.474 e. The SMILES string of the molecule is Cn1cnc2cc(Oc3c(Cl)cc(NC(=O)C(=O)O)cc3Cl)ccc2c1=O. The van der Waals surface area contributed by atoms with Crippen LogP contribution in [0.5, 0.6) is 11.5 Å². The average molecular weight is 408 g/mol. The second-order valence-corrected chi connectivity index (χ2v) is 6.28. The van der Waals surface area contributed by atoms with E-state index in [0.29, 0.717) is 16.7 Å². The molecular weight excluding hydrogens is 397 g/mol. The number of rotatable bonds is 3. The van der Waals surface area contributed by atoms with Gasteiger partial charge in [-0.1, -0.05) is 23.2 Å². The van der Waals surface area contributed by atoms with Gasteiger partial charge < -0.3 is 19.7 Å². The van der Waals surface area contributed by atoms with Crippen LogP contribution in [0.4, 0.5) is 5.69 Å². The first kappa shape index (κ1) is 18.7. The number of carbonyl (C=O) groups is 2. The quantitative estimate of drug-likeness (QED) is 0.645. The van der Waals surface area contributed by atoms with Crippen molar-refractivity contribution in [1.82, 2.24) is 9.55 Å². The summed E-state index contributed by atoms with van der Waals surface area (Å²) in [5, 5.41) is 11.3. The lowest BCUT2D eigenvalue weighted by molar-refractivity contribution is -0.147. The van der Waals surface area contributed by atoms with Gasteiger partial charge >= 0.3 is 11.9 Å². The average Bonchev–Trinajstić information content (AvgIpc) is 2.61. The van der Waals surface area contributed by atoms with E-state index >= 15 is 0 Å². The lowest BCUT2D eigenvalue weighted by Gasteiger charge is -2.12. The van der Waals surface area contributed by atoms with E-state index in [1.807, 2.05) is 0 Å². The molecule has 2 N–H and O–H groups in total. The second-order valence-electron chi connectivity index (χ2n) is 5.47. The molecule has 1 heterocycles. The number of amides is 1. The third-order valence-electron chi connectivity index (χ3n) is 3.56. The van der Waals surface area contributed by atoms with Gasteiger partial charge in [0.25, 0.3) is 5.56 Å². The molecule has 0 aliphatic rings. The van der Waals surface area contributed by atoms with Crippen molar-refractivity contribution >= 4 is 51.7 Å². The van der Waals surface area contributed by atoms with Gasteiger partial charge in [0.1, 0.15) is 5.75 Å². The van der Waals surface area contributed by atoms with E-state index in [4.69, 9.17) is 33.0 Å². The fourth-order valence-corrected chi connectivity index (χ4v) is 2.85. The first-order valence-corrected chi connectivity index (χ1v) is 8.18. The van der Waals surface area contributed by atoms with Crippen LogP contribution in [0, 0.1) is 0 Å². The molecule has 0 fully saturated rings. The zero-order valence-electron chi connectivity index (χ0n) is 13.7. The number of halogens is 2. The Hall–Kier alpha value is -3.10. The van der Waals surface area contributed by atoms with Gasteiger partial charge in [-0.05, 0) is 24.3 Å². The van der Waals surface area contributed by atoms with Crippen LogP contribution in [0.2, 0.25) is 10.0 Å². The Morgan fingerprint density at radius 1 is 1.19 bits per heavy atom. The van der Waals surface area contributed by atoms with Crippen LogP contribution in [-0.2, 0) is 16.6 Å². The molecule has 27 heavy (non-hydrogen) atoms. The Bertz CT molecular complexity index is 1120. The number of hydrogen-bond donors (Lipinski definition) is 2. The number of nitrogens with one attached hydrogen (secondary N) is 1. The number of aromatic nitrogens is 2. The summed E-state index contributed by atoms with van der Waals surface area (Å²) in [6.45, 7) is 0. The van der Waals surface area contributed by atoms with Crippen molar-refractivity contribution in [1.29, 1.82) is 0 Å². The topological polar surface area (TPSA) is 111 Å². The predicted molar refractivity (Wildman–Crippen MR) is 99.8 cm³/mol. The van der Waals surface area contributed by atoms with Crippen LogP contribution >= 0.6 is 23.2 Å². The molecule has 3 rings (SSSR count). The molecule has 3 aromatic rings. The maximum absolute atomic E-state index is 12.0. The number of hydrogen-bond acceptors (Lipinski definition) is 5. The number of carbonyl (C=O) groups excluding carboxylic acids is 1. The molecule has 0 atom stereocenters. The van der Waals surface area contributed by atoms with Crippen molar-refractivity contribution in [2.24, 2.45) is 7.05 Å². The number of nitrogens with zero attached hydrogens (tertiary/aromatic N) is 2. The minimum absolute atomic E-state index is 0.0558. The van der Waals surface area contributed by atoms with Gasteiger partial charge in [-0.15, -0.1) is 0 Å². The molecule has 1 aromatic heterocycles. The summed E-state index contributed by atoms with van der Waals surface area (Å²) >= 11 is 12.3. The smallest absolute Gasteiger partial charge is 0.394 e. The first-order chi connectivity index (χ1) is 12.8. The van der Waals surface area contributed by atoms with Crippen molar-refractivity contribution in [3.8, 4) is 11.5 Å². The van der Waals surface area contributed by atoms with E-state index in [1.165, 1.54) is 23.0 Å². The van der Waals surface area contributed by atoms with Gasteiger partial charge in [0.2, 0.25) is 0 Å². The molecule has 0 aliphatic carbocycles. The summed E-state index contributed by atoms with van der Waals surface area (Å²) < 4.78 is 7.05. The second kappa shape index (κ2) is 7.26. The number of anilines is 1. The van der Waals surface area contributed by atoms with Gasteiger partial charge in [0.05, 0.1) is 27.3 Å². The van der Waals surface area contributed by atoms with E-state index in [1.54, 1.807) is 25.2 Å². The molecule has 1 amide bonds. The normalized spacial score (nSPS) is 10.6. The van der Waals surface area contributed by atoms with Crippen LogP contribution in [-0.4, -0.2) is 26.5 Å². The van der Waals surface area contributed by atoms with Gasteiger partial charge in [-0.25, -0.2) is 9.78 Å². The molecule has 0 unspecified atom stereocenters. The Morgan fingerprint density at radius 3 is 2.48 bits per heavy atom.